The Morgan fingerprint density at radius 1 is 0.284 bits per heavy atom. The predicted octanol–water partition coefficient (Wildman–Crippen LogP) is 24.9. The Morgan fingerprint density at radius 2 is 0.500 bits per heavy atom. The number of carbonyl (C=O) groups excluding carboxylic acids is 4. The Morgan fingerprint density at radius 3 is 0.745 bits per heavy atom. The molecule has 0 heterocycles. The summed E-state index contributed by atoms with van der Waals surface area (Å²) in [5, 5.41) is 10.7. The van der Waals surface area contributed by atoms with E-state index in [1.807, 2.05) is 0 Å². The van der Waals surface area contributed by atoms with E-state index in [-0.39, 0.29) is 25.7 Å². The van der Waals surface area contributed by atoms with Gasteiger partial charge in [-0.2, -0.15) is 0 Å². The molecule has 102 heavy (non-hydrogen) atoms. The first-order chi connectivity index (χ1) is 49.3. The first-order valence-corrected chi connectivity index (χ1v) is 45.9. The fraction of sp³-hybridized carbons (Fsp3) is 0.952. The third-order valence-electron chi connectivity index (χ3n) is 20.1. The highest BCUT2D eigenvalue weighted by Gasteiger charge is 2.30. The van der Waals surface area contributed by atoms with Crippen LogP contribution >= 0.6 is 15.6 Å². The fourth-order valence-corrected chi connectivity index (χ4v) is 14.4. The summed E-state index contributed by atoms with van der Waals surface area (Å²) in [4.78, 5) is 73.1. The van der Waals surface area contributed by atoms with Gasteiger partial charge < -0.3 is 33.8 Å². The largest absolute Gasteiger partial charge is 0.472 e. The number of aliphatic hydroxyl groups excluding tert-OH is 1. The maximum Gasteiger partial charge on any atom is 0.472 e. The van der Waals surface area contributed by atoms with E-state index in [1.165, 1.54) is 238 Å². The summed E-state index contributed by atoms with van der Waals surface area (Å²) in [6.45, 7) is 12.0. The highest BCUT2D eigenvalue weighted by Crippen LogP contribution is 2.45. The zero-order chi connectivity index (χ0) is 75.1. The molecule has 17 nitrogen and oxygen atoms in total. The van der Waals surface area contributed by atoms with Crippen molar-refractivity contribution in [1.82, 2.24) is 0 Å². The summed E-state index contributed by atoms with van der Waals surface area (Å²) in [6.07, 6.45) is 62.4. The second-order valence-electron chi connectivity index (χ2n) is 30.8. The molecule has 7 atom stereocenters. The smallest absolute Gasteiger partial charge is 0.462 e. The Kier molecular flexibility index (Phi) is 71.8. The van der Waals surface area contributed by atoms with E-state index < -0.39 is 97.5 Å². The number of aliphatic hydroxyl groups is 1. The van der Waals surface area contributed by atoms with E-state index in [2.05, 4.69) is 48.5 Å². The lowest BCUT2D eigenvalue weighted by atomic mass is 9.99. The topological polar surface area (TPSA) is 237 Å². The molecule has 606 valence electrons. The van der Waals surface area contributed by atoms with Gasteiger partial charge in [0.2, 0.25) is 0 Å². The lowest BCUT2D eigenvalue weighted by molar-refractivity contribution is -0.161. The highest BCUT2D eigenvalue weighted by molar-refractivity contribution is 7.47. The second-order valence-corrected chi connectivity index (χ2v) is 33.7. The molecule has 0 aromatic heterocycles. The van der Waals surface area contributed by atoms with Crippen molar-refractivity contribution >= 4 is 39.5 Å². The number of phosphoric acid groups is 2. The summed E-state index contributed by atoms with van der Waals surface area (Å²) >= 11 is 0. The van der Waals surface area contributed by atoms with Crippen molar-refractivity contribution < 1.29 is 80.2 Å². The van der Waals surface area contributed by atoms with Gasteiger partial charge in [0.05, 0.1) is 26.4 Å². The van der Waals surface area contributed by atoms with Crippen LogP contribution in [0.1, 0.15) is 434 Å². The number of rotatable bonds is 81. The molecule has 0 radical (unpaired) electrons. The van der Waals surface area contributed by atoms with Gasteiger partial charge >= 0.3 is 39.5 Å². The van der Waals surface area contributed by atoms with Crippen molar-refractivity contribution in [3.05, 3.63) is 0 Å². The second kappa shape index (κ2) is 73.2. The van der Waals surface area contributed by atoms with E-state index in [0.717, 1.165) is 114 Å². The number of carbonyl (C=O) groups is 4. The van der Waals surface area contributed by atoms with Gasteiger partial charge in [-0.1, -0.05) is 382 Å². The van der Waals surface area contributed by atoms with Crippen LogP contribution < -0.4 is 0 Å². The predicted molar refractivity (Wildman–Crippen MR) is 418 cm³/mol. The summed E-state index contributed by atoms with van der Waals surface area (Å²) in [6, 6.07) is 0. The van der Waals surface area contributed by atoms with Crippen molar-refractivity contribution in [2.75, 3.05) is 39.6 Å². The van der Waals surface area contributed by atoms with Crippen LogP contribution in [0, 0.1) is 17.8 Å². The van der Waals surface area contributed by atoms with Crippen LogP contribution in [-0.4, -0.2) is 96.7 Å². The highest BCUT2D eigenvalue weighted by atomic mass is 31.2. The van der Waals surface area contributed by atoms with E-state index in [9.17, 15) is 43.2 Å². The van der Waals surface area contributed by atoms with Gasteiger partial charge in [0.1, 0.15) is 19.3 Å². The van der Waals surface area contributed by atoms with Crippen LogP contribution in [0.4, 0.5) is 0 Å². The zero-order valence-electron chi connectivity index (χ0n) is 67.1. The Bertz CT molecular complexity index is 1980. The lowest BCUT2D eigenvalue weighted by Gasteiger charge is -2.21. The van der Waals surface area contributed by atoms with Crippen LogP contribution in [0.3, 0.4) is 0 Å². The number of esters is 4. The van der Waals surface area contributed by atoms with E-state index in [4.69, 9.17) is 37.0 Å². The summed E-state index contributed by atoms with van der Waals surface area (Å²) in [5.41, 5.74) is 0. The zero-order valence-corrected chi connectivity index (χ0v) is 68.9. The first kappa shape index (κ1) is 100. The molecule has 0 rings (SSSR count). The molecule has 0 aliphatic heterocycles. The Hall–Kier alpha value is -1.94. The van der Waals surface area contributed by atoms with Gasteiger partial charge in [-0.3, -0.25) is 37.3 Å². The molecule has 3 N–H and O–H groups in total. The Balaban J connectivity index is 5.25. The molecule has 0 aliphatic rings. The number of phosphoric ester groups is 2. The van der Waals surface area contributed by atoms with Crippen LogP contribution in [0.25, 0.3) is 0 Å². The third-order valence-corrected chi connectivity index (χ3v) is 22.0. The minimum absolute atomic E-state index is 0.107. The van der Waals surface area contributed by atoms with Gasteiger partial charge in [0.25, 0.3) is 0 Å². The fourth-order valence-electron chi connectivity index (χ4n) is 12.8. The normalized spacial score (nSPS) is 14.5. The molecule has 0 saturated heterocycles. The summed E-state index contributed by atoms with van der Waals surface area (Å²) < 4.78 is 68.8. The van der Waals surface area contributed by atoms with Gasteiger partial charge in [0.15, 0.2) is 12.2 Å². The molecule has 19 heteroatoms. The molecule has 0 aliphatic carbocycles. The average molecular weight is 1490 g/mol. The summed E-state index contributed by atoms with van der Waals surface area (Å²) in [5.74, 6) is 0.267. The molecular weight excluding hydrogens is 1330 g/mol. The van der Waals surface area contributed by atoms with Crippen LogP contribution in [0.15, 0.2) is 0 Å². The lowest BCUT2D eigenvalue weighted by Crippen LogP contribution is -2.30. The standard InChI is InChI=1S/C83H162O17P2/c1-8-11-12-13-14-15-16-17-18-19-20-28-33-38-43-52-59-67-83(88)100-79(71-94-81(86)65-58-51-46-45-49-56-63-76(7)10-3)73-98-102(91,92)96-69-77(84)68-95-101(89,90)97-72-78(70-93-80(85)64-57-50-42-37-32-27-23-21-25-30-35-40-47-54-61-74(4)5)99-82(87)66-60-53-44-39-34-29-24-22-26-31-36-41-48-55-62-75(6)9-2/h74-79,84H,8-73H2,1-7H3,(H,89,90)(H,91,92)/t75?,76?,77-,78-,79-/m1/s1. The van der Waals surface area contributed by atoms with E-state index in [1.54, 1.807) is 0 Å². The molecule has 0 aromatic carbocycles. The maximum atomic E-state index is 13.1. The van der Waals surface area contributed by atoms with E-state index in [0.29, 0.717) is 25.7 Å². The number of hydrogen-bond donors (Lipinski definition) is 3. The van der Waals surface area contributed by atoms with Gasteiger partial charge in [-0.25, -0.2) is 9.13 Å². The van der Waals surface area contributed by atoms with Crippen molar-refractivity contribution in [1.29, 1.82) is 0 Å². The van der Waals surface area contributed by atoms with Crippen molar-refractivity contribution in [2.45, 2.75) is 452 Å². The molecule has 4 unspecified atom stereocenters. The SMILES string of the molecule is CCCCCCCCCCCCCCCCCCCC(=O)O[C@H](COC(=O)CCCCCCCCC(C)CC)COP(=O)(O)OC[C@H](O)COP(=O)(O)OC[C@@H](COC(=O)CCCCCCCCCCCCCCCCC(C)C)OC(=O)CCCCCCCCCCCCCCCCC(C)CC. The molecule has 0 aromatic rings. The van der Waals surface area contributed by atoms with Gasteiger partial charge in [-0.15, -0.1) is 0 Å². The number of unbranched alkanes of at least 4 members (excludes halogenated alkanes) is 47. The molecule has 0 spiro atoms. The van der Waals surface area contributed by atoms with Crippen LogP contribution in [0.2, 0.25) is 0 Å². The van der Waals surface area contributed by atoms with Crippen molar-refractivity contribution in [3.8, 4) is 0 Å². The average Bonchev–Trinajstić information content (AvgIpc) is 0.911. The van der Waals surface area contributed by atoms with Crippen molar-refractivity contribution in [3.63, 3.8) is 0 Å². The van der Waals surface area contributed by atoms with Crippen molar-refractivity contribution in [2.24, 2.45) is 17.8 Å². The quantitative estimate of drug-likeness (QED) is 0.0222. The first-order valence-electron chi connectivity index (χ1n) is 42.9. The maximum absolute atomic E-state index is 13.1. The molecule has 0 saturated carbocycles. The van der Waals surface area contributed by atoms with E-state index >= 15 is 0 Å². The molecule has 0 fully saturated rings. The van der Waals surface area contributed by atoms with Gasteiger partial charge in [0, 0.05) is 25.7 Å². The minimum Gasteiger partial charge on any atom is -0.462 e. The molecule has 0 bridgehead atoms. The minimum atomic E-state index is -4.96. The number of hydrogen-bond acceptors (Lipinski definition) is 15. The third kappa shape index (κ3) is 73.6. The summed E-state index contributed by atoms with van der Waals surface area (Å²) in [7, 11) is -9.92. The van der Waals surface area contributed by atoms with Crippen LogP contribution in [0.5, 0.6) is 0 Å². The Labute approximate surface area is 626 Å². The monoisotopic (exact) mass is 1490 g/mol. The van der Waals surface area contributed by atoms with Gasteiger partial charge in [-0.05, 0) is 43.4 Å². The molecule has 0 amide bonds. The number of ether oxygens (including phenoxy) is 4. The molecular formula is C83H162O17P2. The van der Waals surface area contributed by atoms with Crippen LogP contribution in [-0.2, 0) is 65.4 Å².